The number of nitrogens with one attached hydrogen (secondary N) is 1. The first-order valence-corrected chi connectivity index (χ1v) is 8.32. The zero-order valence-electron chi connectivity index (χ0n) is 11.4. The van der Waals surface area contributed by atoms with Crippen LogP contribution in [0.2, 0.25) is 0 Å². The Morgan fingerprint density at radius 2 is 1.95 bits per heavy atom. The van der Waals surface area contributed by atoms with Crippen LogP contribution in [0.1, 0.15) is 38.5 Å². The molecule has 1 atom stereocenters. The van der Waals surface area contributed by atoms with Crippen LogP contribution in [-0.4, -0.2) is 39.7 Å². The lowest BCUT2D eigenvalue weighted by Crippen LogP contribution is -2.50. The molecule has 1 aliphatic rings. The quantitative estimate of drug-likeness (QED) is 0.226. The summed E-state index contributed by atoms with van der Waals surface area (Å²) in [5.41, 5.74) is 4.86. The zero-order valence-corrected chi connectivity index (χ0v) is 12.2. The highest BCUT2D eigenvalue weighted by Crippen LogP contribution is 2.35. The number of nitrogens with two attached hydrogens (primary N) is 1. The molecule has 6 nitrogen and oxygen atoms in total. The normalized spacial score (nSPS) is 21.4. The minimum atomic E-state index is -0.942. The maximum atomic E-state index is 12.4. The summed E-state index contributed by atoms with van der Waals surface area (Å²) in [6.45, 7) is 0.350. The van der Waals surface area contributed by atoms with Crippen molar-refractivity contribution < 1.29 is 14.2 Å². The van der Waals surface area contributed by atoms with Crippen LogP contribution in [0.5, 0.6) is 0 Å². The molecule has 0 bridgehead atoms. The number of hydrogen-bond donors (Lipinski definition) is 3. The maximum Gasteiger partial charge on any atom is 0.233 e. The Hall–Kier alpha value is -1.11. The van der Waals surface area contributed by atoms with Gasteiger partial charge in [0.05, 0.1) is 0 Å². The van der Waals surface area contributed by atoms with E-state index >= 15 is 0 Å². The Kier molecular flexibility index (Phi) is 6.27. The molecule has 0 aromatic rings. The summed E-state index contributed by atoms with van der Waals surface area (Å²) in [6, 6.07) is 0. The monoisotopic (exact) mass is 289 g/mol. The van der Waals surface area contributed by atoms with E-state index in [2.05, 4.69) is 10.5 Å². The fourth-order valence-electron chi connectivity index (χ4n) is 2.50. The minimum Gasteiger partial charge on any atom is -0.409 e. The Morgan fingerprint density at radius 3 is 2.42 bits per heavy atom. The predicted octanol–water partition coefficient (Wildman–Crippen LogP) is 0.568. The van der Waals surface area contributed by atoms with Gasteiger partial charge in [0.25, 0.3) is 0 Å². The van der Waals surface area contributed by atoms with Gasteiger partial charge in [-0.2, -0.15) is 0 Å². The summed E-state index contributed by atoms with van der Waals surface area (Å²) in [5.74, 6) is 0.192. The highest BCUT2D eigenvalue weighted by atomic mass is 32.2. The van der Waals surface area contributed by atoms with E-state index in [4.69, 9.17) is 10.9 Å². The molecule has 0 aromatic heterocycles. The molecule has 110 valence electrons. The SMILES string of the molecule is CS(=O)CCNC(=O)C1(C(N)=NO)CCCCCC1. The molecule has 19 heavy (non-hydrogen) atoms. The van der Waals surface area contributed by atoms with E-state index in [1.54, 1.807) is 6.26 Å². The topological polar surface area (TPSA) is 105 Å². The molecule has 1 fully saturated rings. The highest BCUT2D eigenvalue weighted by Gasteiger charge is 2.42. The summed E-state index contributed by atoms with van der Waals surface area (Å²) < 4.78 is 11.0. The number of amidine groups is 1. The lowest BCUT2D eigenvalue weighted by atomic mass is 9.78. The maximum absolute atomic E-state index is 12.4. The molecule has 0 spiro atoms. The van der Waals surface area contributed by atoms with E-state index in [1.165, 1.54) is 0 Å². The number of oxime groups is 1. The number of amides is 1. The molecular weight excluding hydrogens is 266 g/mol. The Bertz CT molecular complexity index is 363. The third kappa shape index (κ3) is 4.19. The van der Waals surface area contributed by atoms with Crippen molar-refractivity contribution in [1.29, 1.82) is 0 Å². The van der Waals surface area contributed by atoms with Gasteiger partial charge in [-0.3, -0.25) is 9.00 Å². The number of nitrogens with zero attached hydrogens (tertiary/aromatic N) is 1. The van der Waals surface area contributed by atoms with Gasteiger partial charge in [-0.25, -0.2) is 0 Å². The second kappa shape index (κ2) is 7.47. The van der Waals surface area contributed by atoms with E-state index < -0.39 is 16.2 Å². The second-order valence-corrected chi connectivity index (χ2v) is 6.57. The Morgan fingerprint density at radius 1 is 1.37 bits per heavy atom. The van der Waals surface area contributed by atoms with Gasteiger partial charge in [0.1, 0.15) is 5.41 Å². The predicted molar refractivity (Wildman–Crippen MR) is 75.5 cm³/mol. The van der Waals surface area contributed by atoms with Crippen LogP contribution in [0.15, 0.2) is 5.16 Å². The molecule has 0 aromatic carbocycles. The van der Waals surface area contributed by atoms with Gasteiger partial charge < -0.3 is 16.3 Å². The molecule has 0 heterocycles. The number of hydrogen-bond acceptors (Lipinski definition) is 4. The molecule has 0 radical (unpaired) electrons. The first kappa shape index (κ1) is 15.9. The van der Waals surface area contributed by atoms with Gasteiger partial charge in [-0.1, -0.05) is 30.8 Å². The van der Waals surface area contributed by atoms with Crippen LogP contribution in [0.4, 0.5) is 0 Å². The average molecular weight is 289 g/mol. The van der Waals surface area contributed by atoms with Crippen molar-refractivity contribution in [3.63, 3.8) is 0 Å². The van der Waals surface area contributed by atoms with Crippen LogP contribution in [0.25, 0.3) is 0 Å². The fourth-order valence-corrected chi connectivity index (χ4v) is 2.89. The molecule has 1 amide bonds. The summed E-state index contributed by atoms with van der Waals surface area (Å²) in [6.07, 6.45) is 6.71. The van der Waals surface area contributed by atoms with Crippen LogP contribution in [0, 0.1) is 5.41 Å². The smallest absolute Gasteiger partial charge is 0.233 e. The Balaban J connectivity index is 2.78. The number of carbonyl (C=O) groups excluding carboxylic acids is 1. The lowest BCUT2D eigenvalue weighted by Gasteiger charge is -2.29. The van der Waals surface area contributed by atoms with E-state index in [0.717, 1.165) is 25.7 Å². The van der Waals surface area contributed by atoms with E-state index in [1.807, 2.05) is 0 Å². The molecular formula is C12H23N3O3S. The number of rotatable bonds is 5. The first-order chi connectivity index (χ1) is 9.03. The van der Waals surface area contributed by atoms with Crippen molar-refractivity contribution in [2.75, 3.05) is 18.6 Å². The third-order valence-corrected chi connectivity index (χ3v) is 4.44. The molecule has 1 aliphatic carbocycles. The summed E-state index contributed by atoms with van der Waals surface area (Å²) >= 11 is 0. The third-order valence-electron chi connectivity index (χ3n) is 3.66. The molecule has 1 unspecified atom stereocenters. The van der Waals surface area contributed by atoms with Gasteiger partial charge >= 0.3 is 0 Å². The van der Waals surface area contributed by atoms with E-state index in [9.17, 15) is 9.00 Å². The van der Waals surface area contributed by atoms with Crippen LogP contribution in [-0.2, 0) is 15.6 Å². The van der Waals surface area contributed by atoms with Gasteiger partial charge in [0.2, 0.25) is 5.91 Å². The summed E-state index contributed by atoms with van der Waals surface area (Å²) in [7, 11) is -0.942. The molecule has 1 rings (SSSR count). The lowest BCUT2D eigenvalue weighted by molar-refractivity contribution is -0.128. The van der Waals surface area contributed by atoms with Crippen LogP contribution >= 0.6 is 0 Å². The van der Waals surface area contributed by atoms with Crippen molar-refractivity contribution >= 4 is 22.5 Å². The first-order valence-electron chi connectivity index (χ1n) is 6.59. The summed E-state index contributed by atoms with van der Waals surface area (Å²) in [5, 5.41) is 14.8. The Labute approximate surface area is 116 Å². The van der Waals surface area contributed by atoms with Crippen molar-refractivity contribution in [3.05, 3.63) is 0 Å². The van der Waals surface area contributed by atoms with Gasteiger partial charge in [-0.15, -0.1) is 0 Å². The summed E-state index contributed by atoms with van der Waals surface area (Å²) in [4.78, 5) is 12.4. The molecule has 1 saturated carbocycles. The molecule has 0 saturated heterocycles. The fraction of sp³-hybridized carbons (Fsp3) is 0.833. The van der Waals surface area contributed by atoms with E-state index in [0.29, 0.717) is 25.1 Å². The van der Waals surface area contributed by atoms with Crippen LogP contribution in [0.3, 0.4) is 0 Å². The van der Waals surface area contributed by atoms with Crippen molar-refractivity contribution in [2.24, 2.45) is 16.3 Å². The van der Waals surface area contributed by atoms with Crippen molar-refractivity contribution in [3.8, 4) is 0 Å². The van der Waals surface area contributed by atoms with Gasteiger partial charge in [0, 0.05) is 29.4 Å². The standard InChI is InChI=1S/C12H23N3O3S/c1-19(18)9-8-14-11(16)12(10(13)15-17)6-4-2-3-5-7-12/h17H,2-9H2,1H3,(H2,13,15)(H,14,16). The number of carbonyl (C=O) groups is 1. The van der Waals surface area contributed by atoms with E-state index in [-0.39, 0.29) is 11.7 Å². The largest absolute Gasteiger partial charge is 0.409 e. The minimum absolute atomic E-state index is 0.00970. The van der Waals surface area contributed by atoms with Gasteiger partial charge in [-0.05, 0) is 12.8 Å². The van der Waals surface area contributed by atoms with Crippen molar-refractivity contribution in [2.45, 2.75) is 38.5 Å². The highest BCUT2D eigenvalue weighted by molar-refractivity contribution is 7.84. The average Bonchev–Trinajstić information content (AvgIpc) is 2.63. The molecule has 0 aliphatic heterocycles. The van der Waals surface area contributed by atoms with Crippen molar-refractivity contribution in [1.82, 2.24) is 5.32 Å². The zero-order chi connectivity index (χ0) is 14.3. The van der Waals surface area contributed by atoms with Crippen LogP contribution < -0.4 is 11.1 Å². The van der Waals surface area contributed by atoms with Gasteiger partial charge in [0.15, 0.2) is 5.84 Å². The molecule has 4 N–H and O–H groups in total. The molecule has 7 heteroatoms. The second-order valence-electron chi connectivity index (χ2n) is 5.01.